The van der Waals surface area contributed by atoms with Crippen LogP contribution in [-0.2, 0) is 0 Å². The van der Waals surface area contributed by atoms with E-state index in [2.05, 4.69) is 17.1 Å². The lowest BCUT2D eigenvalue weighted by Gasteiger charge is -2.43. The summed E-state index contributed by atoms with van der Waals surface area (Å²) in [5.74, 6) is 1.05. The molecule has 2 heterocycles. The van der Waals surface area contributed by atoms with E-state index in [0.29, 0.717) is 5.41 Å². The third-order valence-electron chi connectivity index (χ3n) is 5.76. The maximum atomic E-state index is 3.62. The first-order chi connectivity index (χ1) is 8.83. The van der Waals surface area contributed by atoms with Crippen molar-refractivity contribution in [2.45, 2.75) is 64.3 Å². The standard InChI is InChI=1S/C16H30N2/c1-2-8-16(9-10-17-12-16)13-18-11-4-6-14-5-3-7-15(14)18/h14-15,17H,2-13H2,1H3. The third kappa shape index (κ3) is 2.46. The van der Waals surface area contributed by atoms with Gasteiger partial charge in [0.05, 0.1) is 0 Å². The Kier molecular flexibility index (Phi) is 3.95. The van der Waals surface area contributed by atoms with E-state index in [-0.39, 0.29) is 0 Å². The highest BCUT2D eigenvalue weighted by atomic mass is 15.2. The fraction of sp³-hybridized carbons (Fsp3) is 1.00. The van der Waals surface area contributed by atoms with Crippen LogP contribution in [0, 0.1) is 11.3 Å². The lowest BCUT2D eigenvalue weighted by molar-refractivity contribution is 0.0613. The minimum Gasteiger partial charge on any atom is -0.316 e. The van der Waals surface area contributed by atoms with Gasteiger partial charge in [0.1, 0.15) is 0 Å². The topological polar surface area (TPSA) is 15.3 Å². The minimum absolute atomic E-state index is 0.610. The summed E-state index contributed by atoms with van der Waals surface area (Å²) >= 11 is 0. The summed E-state index contributed by atoms with van der Waals surface area (Å²) in [6.45, 7) is 7.65. The summed E-state index contributed by atoms with van der Waals surface area (Å²) in [6.07, 6.45) is 11.6. The molecule has 104 valence electrons. The molecule has 0 radical (unpaired) electrons. The van der Waals surface area contributed by atoms with E-state index in [0.717, 1.165) is 12.0 Å². The fourth-order valence-corrected chi connectivity index (χ4v) is 4.94. The summed E-state index contributed by atoms with van der Waals surface area (Å²) in [6, 6.07) is 0.952. The number of nitrogens with zero attached hydrogens (tertiary/aromatic N) is 1. The van der Waals surface area contributed by atoms with E-state index >= 15 is 0 Å². The van der Waals surface area contributed by atoms with Crippen LogP contribution in [-0.4, -0.2) is 37.1 Å². The molecule has 0 spiro atoms. The smallest absolute Gasteiger partial charge is 0.0124 e. The lowest BCUT2D eigenvalue weighted by atomic mass is 9.80. The van der Waals surface area contributed by atoms with Crippen LogP contribution in [0.5, 0.6) is 0 Å². The monoisotopic (exact) mass is 250 g/mol. The summed E-state index contributed by atoms with van der Waals surface area (Å²) in [5, 5.41) is 3.62. The molecule has 3 rings (SSSR count). The van der Waals surface area contributed by atoms with Crippen LogP contribution in [0.3, 0.4) is 0 Å². The Hall–Kier alpha value is -0.0800. The number of fused-ring (bicyclic) bond motifs is 1. The van der Waals surface area contributed by atoms with E-state index in [4.69, 9.17) is 0 Å². The van der Waals surface area contributed by atoms with Crippen LogP contribution in [0.2, 0.25) is 0 Å². The normalized spacial score (nSPS) is 41.2. The molecule has 1 aliphatic carbocycles. The zero-order chi connectivity index (χ0) is 12.4. The third-order valence-corrected chi connectivity index (χ3v) is 5.76. The van der Waals surface area contributed by atoms with Crippen LogP contribution in [0.25, 0.3) is 0 Å². The molecule has 2 saturated heterocycles. The first-order valence-electron chi connectivity index (χ1n) is 8.28. The highest BCUT2D eigenvalue weighted by Gasteiger charge is 2.40. The Morgan fingerprint density at radius 2 is 2.11 bits per heavy atom. The lowest BCUT2D eigenvalue weighted by Crippen LogP contribution is -2.48. The van der Waals surface area contributed by atoms with Crippen LogP contribution < -0.4 is 5.32 Å². The average Bonchev–Trinajstić information content (AvgIpc) is 2.99. The Morgan fingerprint density at radius 3 is 2.89 bits per heavy atom. The predicted molar refractivity (Wildman–Crippen MR) is 76.8 cm³/mol. The fourth-order valence-electron chi connectivity index (χ4n) is 4.94. The molecule has 2 nitrogen and oxygen atoms in total. The maximum absolute atomic E-state index is 3.62. The maximum Gasteiger partial charge on any atom is 0.0124 e. The molecule has 0 aromatic heterocycles. The van der Waals surface area contributed by atoms with E-state index < -0.39 is 0 Å². The number of likely N-dealkylation sites (tertiary alicyclic amines) is 1. The molecule has 0 amide bonds. The summed E-state index contributed by atoms with van der Waals surface area (Å²) in [5.41, 5.74) is 0.610. The largest absolute Gasteiger partial charge is 0.316 e. The van der Waals surface area contributed by atoms with Gasteiger partial charge in [0.2, 0.25) is 0 Å². The second-order valence-corrected chi connectivity index (χ2v) is 7.05. The number of hydrogen-bond donors (Lipinski definition) is 1. The van der Waals surface area contributed by atoms with Crippen molar-refractivity contribution in [1.82, 2.24) is 10.2 Å². The van der Waals surface area contributed by atoms with Gasteiger partial charge in [-0.1, -0.05) is 19.8 Å². The van der Waals surface area contributed by atoms with Crippen LogP contribution >= 0.6 is 0 Å². The van der Waals surface area contributed by atoms with Gasteiger partial charge >= 0.3 is 0 Å². The average molecular weight is 250 g/mol. The van der Waals surface area contributed by atoms with E-state index in [9.17, 15) is 0 Å². The second-order valence-electron chi connectivity index (χ2n) is 7.05. The van der Waals surface area contributed by atoms with Gasteiger partial charge in [-0.25, -0.2) is 0 Å². The van der Waals surface area contributed by atoms with Crippen molar-refractivity contribution in [1.29, 1.82) is 0 Å². The van der Waals surface area contributed by atoms with E-state index in [1.165, 1.54) is 77.5 Å². The molecule has 0 aromatic carbocycles. The van der Waals surface area contributed by atoms with Gasteiger partial charge in [0, 0.05) is 19.1 Å². The Labute approximate surface area is 113 Å². The van der Waals surface area contributed by atoms with Gasteiger partial charge in [-0.2, -0.15) is 0 Å². The van der Waals surface area contributed by atoms with Gasteiger partial charge in [0.25, 0.3) is 0 Å². The molecule has 0 bridgehead atoms. The summed E-state index contributed by atoms with van der Waals surface area (Å²) in [4.78, 5) is 2.89. The summed E-state index contributed by atoms with van der Waals surface area (Å²) < 4.78 is 0. The molecule has 3 fully saturated rings. The summed E-state index contributed by atoms with van der Waals surface area (Å²) in [7, 11) is 0. The highest BCUT2D eigenvalue weighted by Crippen LogP contribution is 2.40. The van der Waals surface area contributed by atoms with E-state index in [1.54, 1.807) is 0 Å². The van der Waals surface area contributed by atoms with E-state index in [1.807, 2.05) is 0 Å². The molecule has 0 aromatic rings. The van der Waals surface area contributed by atoms with Crippen molar-refractivity contribution in [2.24, 2.45) is 11.3 Å². The Bertz CT molecular complexity index is 270. The second kappa shape index (κ2) is 5.50. The molecule has 1 N–H and O–H groups in total. The number of piperidine rings is 1. The zero-order valence-corrected chi connectivity index (χ0v) is 12.1. The van der Waals surface area contributed by atoms with Crippen LogP contribution in [0.1, 0.15) is 58.3 Å². The van der Waals surface area contributed by atoms with Crippen molar-refractivity contribution in [3.63, 3.8) is 0 Å². The molecule has 1 saturated carbocycles. The number of nitrogens with one attached hydrogen (secondary N) is 1. The first-order valence-corrected chi connectivity index (χ1v) is 8.28. The van der Waals surface area contributed by atoms with Gasteiger partial charge < -0.3 is 5.32 Å². The highest BCUT2D eigenvalue weighted by molar-refractivity contribution is 4.95. The molecule has 3 unspecified atom stereocenters. The Balaban J connectivity index is 1.66. The molecule has 3 atom stereocenters. The molecule has 2 heteroatoms. The first kappa shape index (κ1) is 12.9. The SMILES string of the molecule is CCCC1(CN2CCCC3CCCC32)CCNC1. The van der Waals surface area contributed by atoms with Gasteiger partial charge in [0.15, 0.2) is 0 Å². The molecular formula is C16H30N2. The number of hydrogen-bond acceptors (Lipinski definition) is 2. The molecular weight excluding hydrogens is 220 g/mol. The van der Waals surface area contributed by atoms with Crippen molar-refractivity contribution >= 4 is 0 Å². The van der Waals surface area contributed by atoms with Gasteiger partial charge in [-0.3, -0.25) is 4.90 Å². The quantitative estimate of drug-likeness (QED) is 0.825. The van der Waals surface area contributed by atoms with Crippen molar-refractivity contribution in [2.75, 3.05) is 26.2 Å². The van der Waals surface area contributed by atoms with Crippen LogP contribution in [0.4, 0.5) is 0 Å². The van der Waals surface area contributed by atoms with Gasteiger partial charge in [-0.05, 0) is 62.9 Å². The molecule has 3 aliphatic rings. The zero-order valence-electron chi connectivity index (χ0n) is 12.1. The predicted octanol–water partition coefficient (Wildman–Crippen LogP) is 3.03. The molecule has 18 heavy (non-hydrogen) atoms. The van der Waals surface area contributed by atoms with Crippen molar-refractivity contribution in [3.05, 3.63) is 0 Å². The van der Waals surface area contributed by atoms with Crippen molar-refractivity contribution < 1.29 is 0 Å². The van der Waals surface area contributed by atoms with Gasteiger partial charge in [-0.15, -0.1) is 0 Å². The molecule has 2 aliphatic heterocycles. The minimum atomic E-state index is 0.610. The number of rotatable bonds is 4. The van der Waals surface area contributed by atoms with Crippen molar-refractivity contribution in [3.8, 4) is 0 Å². The van der Waals surface area contributed by atoms with Crippen LogP contribution in [0.15, 0.2) is 0 Å². The Morgan fingerprint density at radius 1 is 1.22 bits per heavy atom.